The highest BCUT2D eigenvalue weighted by molar-refractivity contribution is 4.48. The van der Waals surface area contributed by atoms with Crippen LogP contribution in [-0.2, 0) is 5.11 Å². The lowest BCUT2D eigenvalue weighted by molar-refractivity contribution is 0.186. The van der Waals surface area contributed by atoms with E-state index in [9.17, 15) is 5.11 Å². The summed E-state index contributed by atoms with van der Waals surface area (Å²) in [5.41, 5.74) is 0. The van der Waals surface area contributed by atoms with E-state index in [-0.39, 0.29) is 6.61 Å². The van der Waals surface area contributed by atoms with Gasteiger partial charge in [0.2, 0.25) is 0 Å². The summed E-state index contributed by atoms with van der Waals surface area (Å²) >= 11 is 0. The summed E-state index contributed by atoms with van der Waals surface area (Å²) in [7, 11) is 0. The van der Waals surface area contributed by atoms with Crippen LogP contribution in [0.15, 0.2) is 0 Å². The topological polar surface area (TPSA) is 19.9 Å². The van der Waals surface area contributed by atoms with E-state index in [2.05, 4.69) is 13.8 Å². The fourth-order valence-electron chi connectivity index (χ4n) is 1.36. The average molecular weight is 171 g/mol. The van der Waals surface area contributed by atoms with Crippen LogP contribution in [0.25, 0.3) is 0 Å². The predicted octanol–water partition coefficient (Wildman–Crippen LogP) is 3.80. The largest absolute Gasteiger partial charge is 0.237 e. The maximum absolute atomic E-state index is 10.1. The third-order valence-corrected chi connectivity index (χ3v) is 2.18. The first-order valence-electron chi connectivity index (χ1n) is 5.35. The molecule has 0 aromatic carbocycles. The number of unbranched alkanes of at least 4 members (excludes halogenated alkanes) is 5. The van der Waals surface area contributed by atoms with E-state index in [4.69, 9.17) is 0 Å². The molecule has 0 N–H and O–H groups in total. The molecule has 0 saturated carbocycles. The van der Waals surface area contributed by atoms with E-state index in [1.165, 1.54) is 32.1 Å². The molecule has 0 rings (SSSR count). The van der Waals surface area contributed by atoms with Gasteiger partial charge in [0.15, 0.2) is 0 Å². The van der Waals surface area contributed by atoms with Gasteiger partial charge in [0.25, 0.3) is 0 Å². The molecule has 12 heavy (non-hydrogen) atoms. The van der Waals surface area contributed by atoms with Crippen LogP contribution in [0, 0.1) is 5.92 Å². The van der Waals surface area contributed by atoms with Crippen molar-refractivity contribution in [2.45, 2.75) is 58.8 Å². The van der Waals surface area contributed by atoms with Crippen molar-refractivity contribution in [2.24, 2.45) is 5.92 Å². The van der Waals surface area contributed by atoms with E-state index in [0.29, 0.717) is 0 Å². The third-order valence-electron chi connectivity index (χ3n) is 2.18. The van der Waals surface area contributed by atoms with Crippen molar-refractivity contribution in [3.63, 3.8) is 0 Å². The minimum absolute atomic E-state index is 0.117. The van der Waals surface area contributed by atoms with E-state index in [0.717, 1.165) is 18.8 Å². The smallest absolute Gasteiger partial charge is 0.0822 e. The minimum atomic E-state index is 0.117. The summed E-state index contributed by atoms with van der Waals surface area (Å²) in [5, 5.41) is 10.1. The Morgan fingerprint density at radius 2 is 1.33 bits per heavy atom. The number of hydrogen-bond donors (Lipinski definition) is 0. The van der Waals surface area contributed by atoms with E-state index < -0.39 is 0 Å². The van der Waals surface area contributed by atoms with Crippen molar-refractivity contribution < 1.29 is 5.11 Å². The van der Waals surface area contributed by atoms with Crippen molar-refractivity contribution >= 4 is 0 Å². The van der Waals surface area contributed by atoms with Gasteiger partial charge in [0, 0.05) is 0 Å². The summed E-state index contributed by atoms with van der Waals surface area (Å²) < 4.78 is 0. The van der Waals surface area contributed by atoms with Gasteiger partial charge >= 0.3 is 0 Å². The summed E-state index contributed by atoms with van der Waals surface area (Å²) in [6.07, 6.45) is 8.70. The van der Waals surface area contributed by atoms with Crippen LogP contribution in [0.2, 0.25) is 0 Å². The molecule has 0 aliphatic heterocycles. The summed E-state index contributed by atoms with van der Waals surface area (Å²) in [4.78, 5) is 0. The van der Waals surface area contributed by atoms with E-state index in [1.54, 1.807) is 0 Å². The lowest BCUT2D eigenvalue weighted by Crippen LogP contribution is -1.87. The molecule has 0 atom stereocenters. The normalized spacial score (nSPS) is 11.0. The Morgan fingerprint density at radius 1 is 0.833 bits per heavy atom. The zero-order chi connectivity index (χ0) is 9.23. The molecule has 0 fully saturated rings. The molecule has 1 heteroatoms. The van der Waals surface area contributed by atoms with Gasteiger partial charge in [-0.15, -0.1) is 0 Å². The molecule has 0 amide bonds. The summed E-state index contributed by atoms with van der Waals surface area (Å²) in [6, 6.07) is 0. The minimum Gasteiger partial charge on any atom is -0.237 e. The van der Waals surface area contributed by atoms with Gasteiger partial charge in [-0.1, -0.05) is 52.4 Å². The number of rotatable bonds is 8. The fourth-order valence-corrected chi connectivity index (χ4v) is 1.36. The molecule has 0 aliphatic rings. The quantitative estimate of drug-likeness (QED) is 0.495. The Morgan fingerprint density at radius 3 is 1.83 bits per heavy atom. The lowest BCUT2D eigenvalue weighted by Gasteiger charge is -2.03. The molecular weight excluding hydrogens is 148 g/mol. The molecule has 0 aromatic heterocycles. The molecule has 0 heterocycles. The monoisotopic (exact) mass is 171 g/mol. The lowest BCUT2D eigenvalue weighted by atomic mass is 10.0. The maximum Gasteiger partial charge on any atom is 0.0822 e. The molecule has 0 bridgehead atoms. The number of hydrogen-bond acceptors (Lipinski definition) is 0. The fraction of sp³-hybridized carbons (Fsp3) is 1.00. The van der Waals surface area contributed by atoms with Crippen LogP contribution in [0.1, 0.15) is 58.8 Å². The first kappa shape index (κ1) is 12.0. The molecule has 0 aliphatic carbocycles. The second-order valence-electron chi connectivity index (χ2n) is 4.01. The van der Waals surface area contributed by atoms with E-state index >= 15 is 0 Å². The van der Waals surface area contributed by atoms with Crippen LogP contribution in [0.3, 0.4) is 0 Å². The Kier molecular flexibility index (Phi) is 9.02. The second kappa shape index (κ2) is 9.05. The van der Waals surface area contributed by atoms with Gasteiger partial charge in [0.1, 0.15) is 0 Å². The van der Waals surface area contributed by atoms with Crippen molar-refractivity contribution in [3.8, 4) is 0 Å². The average Bonchev–Trinajstić information content (AvgIpc) is 2.02. The molecule has 0 saturated heterocycles. The van der Waals surface area contributed by atoms with Gasteiger partial charge in [-0.25, -0.2) is 5.11 Å². The van der Waals surface area contributed by atoms with Crippen molar-refractivity contribution in [1.82, 2.24) is 0 Å². The molecule has 1 radical (unpaired) electrons. The van der Waals surface area contributed by atoms with Crippen LogP contribution in [-0.4, -0.2) is 6.61 Å². The van der Waals surface area contributed by atoms with Crippen molar-refractivity contribution in [2.75, 3.05) is 6.61 Å². The predicted molar refractivity (Wildman–Crippen MR) is 52.7 cm³/mol. The van der Waals surface area contributed by atoms with Crippen molar-refractivity contribution in [1.29, 1.82) is 0 Å². The van der Waals surface area contributed by atoms with Crippen LogP contribution < -0.4 is 0 Å². The zero-order valence-corrected chi connectivity index (χ0v) is 8.64. The van der Waals surface area contributed by atoms with Crippen molar-refractivity contribution in [3.05, 3.63) is 0 Å². The molecule has 0 spiro atoms. The second-order valence-corrected chi connectivity index (χ2v) is 4.01. The Balaban J connectivity index is 2.82. The Labute approximate surface area is 77.2 Å². The van der Waals surface area contributed by atoms with Crippen LogP contribution in [0.5, 0.6) is 0 Å². The Hall–Kier alpha value is -0.0400. The van der Waals surface area contributed by atoms with Gasteiger partial charge in [-0.3, -0.25) is 0 Å². The molecule has 73 valence electrons. The summed E-state index contributed by atoms with van der Waals surface area (Å²) in [6.45, 7) is 4.67. The van der Waals surface area contributed by atoms with E-state index in [1.807, 2.05) is 0 Å². The highest BCUT2D eigenvalue weighted by Gasteiger charge is 1.94. The highest BCUT2D eigenvalue weighted by atomic mass is 16.2. The zero-order valence-electron chi connectivity index (χ0n) is 8.64. The maximum atomic E-state index is 10.1. The van der Waals surface area contributed by atoms with Gasteiger partial charge in [-0.05, 0) is 12.3 Å². The molecule has 0 unspecified atom stereocenters. The van der Waals surface area contributed by atoms with Gasteiger partial charge in [0.05, 0.1) is 6.61 Å². The highest BCUT2D eigenvalue weighted by Crippen LogP contribution is 2.10. The van der Waals surface area contributed by atoms with Crippen LogP contribution in [0.4, 0.5) is 0 Å². The molecule has 0 aromatic rings. The van der Waals surface area contributed by atoms with Crippen LogP contribution >= 0.6 is 0 Å². The standard InChI is InChI=1S/C11H23O/c1-11(2)9-7-5-3-4-6-8-10-12/h11H,3-10H2,1-2H3. The van der Waals surface area contributed by atoms with Gasteiger partial charge in [-0.2, -0.15) is 0 Å². The first-order chi connectivity index (χ1) is 5.77. The molecule has 1 nitrogen and oxygen atoms in total. The first-order valence-corrected chi connectivity index (χ1v) is 5.35. The van der Waals surface area contributed by atoms with Gasteiger partial charge < -0.3 is 0 Å². The summed E-state index contributed by atoms with van der Waals surface area (Å²) in [5.74, 6) is 0.853. The SMILES string of the molecule is CC(C)CCCCCCCC[O]. The Bertz CT molecular complexity index is 79.1. The third kappa shape index (κ3) is 9.96. The molecular formula is C11H23O.